The van der Waals surface area contributed by atoms with Gasteiger partial charge in [-0.2, -0.15) is 5.10 Å². The van der Waals surface area contributed by atoms with E-state index in [1.807, 2.05) is 0 Å². The third kappa shape index (κ3) is 4.86. The van der Waals surface area contributed by atoms with E-state index in [1.54, 1.807) is 35.1 Å². The first-order valence-electron chi connectivity index (χ1n) is 9.69. The van der Waals surface area contributed by atoms with Gasteiger partial charge in [-0.25, -0.2) is 13.5 Å². The molecule has 0 aliphatic carbocycles. The molecule has 0 radical (unpaired) electrons. The number of hydrogen-bond donors (Lipinski definition) is 2. The number of benzene rings is 2. The predicted octanol–water partition coefficient (Wildman–Crippen LogP) is 3.97. The largest absolute Gasteiger partial charge is 0.348 e. The molecule has 30 heavy (non-hydrogen) atoms. The van der Waals surface area contributed by atoms with Crippen molar-refractivity contribution in [1.82, 2.24) is 20.4 Å². The minimum Gasteiger partial charge on any atom is -0.348 e. The van der Waals surface area contributed by atoms with Crippen LogP contribution in [0.15, 0.2) is 54.7 Å². The third-order valence-corrected chi connectivity index (χ3v) is 5.20. The van der Waals surface area contributed by atoms with Gasteiger partial charge in [-0.1, -0.05) is 18.2 Å². The summed E-state index contributed by atoms with van der Waals surface area (Å²) in [5.41, 5.74) is 2.69. The number of amides is 1. The van der Waals surface area contributed by atoms with E-state index in [0.717, 1.165) is 37.2 Å². The topological polar surface area (TPSA) is 59.0 Å². The van der Waals surface area contributed by atoms with Crippen LogP contribution in [0.25, 0.3) is 5.69 Å². The van der Waals surface area contributed by atoms with Crippen LogP contribution >= 0.6 is 12.4 Å². The quantitative estimate of drug-likeness (QED) is 0.641. The van der Waals surface area contributed by atoms with Gasteiger partial charge < -0.3 is 10.6 Å². The molecular weight excluding hydrogens is 410 g/mol. The van der Waals surface area contributed by atoms with E-state index in [4.69, 9.17) is 0 Å². The minimum absolute atomic E-state index is 0. The molecule has 3 aromatic rings. The molecule has 1 aliphatic heterocycles. The van der Waals surface area contributed by atoms with E-state index in [2.05, 4.69) is 15.7 Å². The van der Waals surface area contributed by atoms with E-state index in [1.165, 1.54) is 24.3 Å². The van der Waals surface area contributed by atoms with E-state index in [9.17, 15) is 13.6 Å². The zero-order valence-electron chi connectivity index (χ0n) is 16.3. The van der Waals surface area contributed by atoms with Crippen LogP contribution in [0.1, 0.15) is 40.4 Å². The minimum atomic E-state index is -0.350. The van der Waals surface area contributed by atoms with Crippen LogP contribution in [0, 0.1) is 11.6 Å². The number of hydrogen-bond acceptors (Lipinski definition) is 3. The summed E-state index contributed by atoms with van der Waals surface area (Å²) in [6.45, 7) is 2.00. The Labute approximate surface area is 179 Å². The van der Waals surface area contributed by atoms with Crippen LogP contribution in [0.4, 0.5) is 8.78 Å². The highest BCUT2D eigenvalue weighted by atomic mass is 35.5. The fourth-order valence-electron chi connectivity index (χ4n) is 3.71. The number of rotatable bonds is 5. The molecule has 1 amide bonds. The zero-order chi connectivity index (χ0) is 20.2. The molecule has 2 heterocycles. The first-order valence-corrected chi connectivity index (χ1v) is 9.69. The molecular formula is C22H23ClF2N4O. The Morgan fingerprint density at radius 2 is 1.83 bits per heavy atom. The number of nitrogens with zero attached hydrogens (tertiary/aromatic N) is 2. The van der Waals surface area contributed by atoms with Gasteiger partial charge in [0.15, 0.2) is 0 Å². The summed E-state index contributed by atoms with van der Waals surface area (Å²) in [5.74, 6) is -0.764. The van der Waals surface area contributed by atoms with Crippen molar-refractivity contribution in [2.24, 2.45) is 0 Å². The van der Waals surface area contributed by atoms with E-state index in [0.29, 0.717) is 11.3 Å². The summed E-state index contributed by atoms with van der Waals surface area (Å²) in [6, 6.07) is 12.2. The van der Waals surface area contributed by atoms with Crippen LogP contribution < -0.4 is 10.6 Å². The molecule has 0 saturated carbocycles. The lowest BCUT2D eigenvalue weighted by Gasteiger charge is -2.24. The van der Waals surface area contributed by atoms with E-state index in [-0.39, 0.29) is 42.4 Å². The lowest BCUT2D eigenvalue weighted by atomic mass is 9.91. The van der Waals surface area contributed by atoms with Crippen LogP contribution in [0.5, 0.6) is 0 Å². The van der Waals surface area contributed by atoms with Crippen LogP contribution in [-0.4, -0.2) is 28.8 Å². The smallest absolute Gasteiger partial charge is 0.255 e. The normalized spacial score (nSPS) is 14.2. The molecule has 5 nitrogen and oxygen atoms in total. The summed E-state index contributed by atoms with van der Waals surface area (Å²) in [4.78, 5) is 12.9. The van der Waals surface area contributed by atoms with Gasteiger partial charge in [0.25, 0.3) is 5.91 Å². The maximum atomic E-state index is 13.8. The Morgan fingerprint density at radius 3 is 2.53 bits per heavy atom. The lowest BCUT2D eigenvalue weighted by Crippen LogP contribution is -2.30. The maximum Gasteiger partial charge on any atom is 0.255 e. The van der Waals surface area contributed by atoms with E-state index < -0.39 is 0 Å². The SMILES string of the molecule is Cl.O=C(NCc1ccc(F)cc1)c1cnn(-c2cccc(F)c2)c1C1CCNCC1. The van der Waals surface area contributed by atoms with Crippen molar-refractivity contribution in [1.29, 1.82) is 0 Å². The lowest BCUT2D eigenvalue weighted by molar-refractivity contribution is 0.0949. The summed E-state index contributed by atoms with van der Waals surface area (Å²) in [5, 5.41) is 10.6. The molecule has 0 spiro atoms. The first kappa shape index (κ1) is 21.9. The van der Waals surface area contributed by atoms with Gasteiger partial charge in [0.1, 0.15) is 11.6 Å². The van der Waals surface area contributed by atoms with Gasteiger partial charge in [0.05, 0.1) is 23.1 Å². The van der Waals surface area contributed by atoms with Gasteiger partial charge in [0.2, 0.25) is 0 Å². The molecule has 1 aliphatic rings. The molecule has 158 valence electrons. The second kappa shape index (κ2) is 9.82. The summed E-state index contributed by atoms with van der Waals surface area (Å²) in [7, 11) is 0. The number of carbonyl (C=O) groups is 1. The Hall–Kier alpha value is -2.77. The van der Waals surface area contributed by atoms with Crippen LogP contribution in [0.2, 0.25) is 0 Å². The van der Waals surface area contributed by atoms with Gasteiger partial charge >= 0.3 is 0 Å². The Morgan fingerprint density at radius 1 is 1.10 bits per heavy atom. The standard InChI is InChI=1S/C22H22F2N4O.ClH/c23-17-6-4-15(5-7-17)13-26-22(29)20-14-27-28(19-3-1-2-18(24)12-19)21(20)16-8-10-25-11-9-16;/h1-7,12,14,16,25H,8-11,13H2,(H,26,29);1H. The molecule has 4 rings (SSSR count). The molecule has 2 aromatic carbocycles. The van der Waals surface area contributed by atoms with Gasteiger partial charge in [-0.15, -0.1) is 12.4 Å². The van der Waals surface area contributed by atoms with Crippen molar-refractivity contribution in [2.45, 2.75) is 25.3 Å². The summed E-state index contributed by atoms with van der Waals surface area (Å²) in [6.07, 6.45) is 3.29. The Balaban J connectivity index is 0.00000256. The zero-order valence-corrected chi connectivity index (χ0v) is 17.1. The molecule has 1 fully saturated rings. The molecule has 1 aromatic heterocycles. The second-order valence-corrected chi connectivity index (χ2v) is 7.17. The van der Waals surface area contributed by atoms with Gasteiger partial charge in [-0.3, -0.25) is 4.79 Å². The first-order chi connectivity index (χ1) is 14.1. The van der Waals surface area contributed by atoms with Gasteiger partial charge in [0, 0.05) is 12.5 Å². The molecule has 1 saturated heterocycles. The van der Waals surface area contributed by atoms with E-state index >= 15 is 0 Å². The molecule has 0 unspecified atom stereocenters. The van der Waals surface area contributed by atoms with Crippen molar-refractivity contribution in [2.75, 3.05) is 13.1 Å². The summed E-state index contributed by atoms with van der Waals surface area (Å²) < 4.78 is 28.5. The number of piperidine rings is 1. The average Bonchev–Trinajstić information content (AvgIpc) is 3.19. The van der Waals surface area contributed by atoms with Crippen molar-refractivity contribution in [3.05, 3.63) is 83.2 Å². The summed E-state index contributed by atoms with van der Waals surface area (Å²) >= 11 is 0. The van der Waals surface area contributed by atoms with Crippen LogP contribution in [0.3, 0.4) is 0 Å². The fourth-order valence-corrected chi connectivity index (χ4v) is 3.71. The highest BCUT2D eigenvalue weighted by Crippen LogP contribution is 2.30. The molecule has 0 atom stereocenters. The highest BCUT2D eigenvalue weighted by molar-refractivity contribution is 5.95. The molecule has 2 N–H and O–H groups in total. The van der Waals surface area contributed by atoms with Crippen molar-refractivity contribution in [3.63, 3.8) is 0 Å². The number of carbonyl (C=O) groups excluding carboxylic acids is 1. The van der Waals surface area contributed by atoms with Crippen molar-refractivity contribution >= 4 is 18.3 Å². The Kier molecular flexibility index (Phi) is 7.18. The molecule has 0 bridgehead atoms. The van der Waals surface area contributed by atoms with Crippen LogP contribution in [-0.2, 0) is 6.54 Å². The second-order valence-electron chi connectivity index (χ2n) is 7.17. The highest BCUT2D eigenvalue weighted by Gasteiger charge is 2.27. The van der Waals surface area contributed by atoms with Crippen molar-refractivity contribution < 1.29 is 13.6 Å². The molecule has 8 heteroatoms. The Bertz CT molecular complexity index is 1000. The maximum absolute atomic E-state index is 13.8. The fraction of sp³-hybridized carbons (Fsp3) is 0.273. The number of nitrogens with one attached hydrogen (secondary N) is 2. The average molecular weight is 433 g/mol. The number of halogens is 3. The van der Waals surface area contributed by atoms with Crippen molar-refractivity contribution in [3.8, 4) is 5.69 Å². The predicted molar refractivity (Wildman–Crippen MR) is 113 cm³/mol. The van der Waals surface area contributed by atoms with Gasteiger partial charge in [-0.05, 0) is 61.8 Å². The monoisotopic (exact) mass is 432 g/mol. The number of aromatic nitrogens is 2. The third-order valence-electron chi connectivity index (χ3n) is 5.20.